The van der Waals surface area contributed by atoms with Gasteiger partial charge in [0.25, 0.3) is 0 Å². The standard InChI is InChI=1S/C22H18O4/c23-21(15-16-25-19-9-5-2-6-10-19)26-20-13-11-18(12-14-20)22(24)17-7-3-1-4-8-17/h1-14H,15-16H2. The van der Waals surface area contributed by atoms with Crippen LogP contribution in [0.3, 0.4) is 0 Å². The van der Waals surface area contributed by atoms with Gasteiger partial charge < -0.3 is 9.47 Å². The number of ether oxygens (including phenoxy) is 2. The van der Waals surface area contributed by atoms with E-state index < -0.39 is 0 Å². The van der Waals surface area contributed by atoms with Crippen molar-refractivity contribution in [2.24, 2.45) is 0 Å². The Hall–Kier alpha value is -3.40. The van der Waals surface area contributed by atoms with E-state index in [-0.39, 0.29) is 24.8 Å². The summed E-state index contributed by atoms with van der Waals surface area (Å²) in [5, 5.41) is 0. The van der Waals surface area contributed by atoms with E-state index in [0.717, 1.165) is 0 Å². The molecule has 4 heteroatoms. The van der Waals surface area contributed by atoms with Gasteiger partial charge in [-0.05, 0) is 36.4 Å². The Bertz CT molecular complexity index is 856. The van der Waals surface area contributed by atoms with Gasteiger partial charge in [0.1, 0.15) is 11.5 Å². The zero-order valence-corrected chi connectivity index (χ0v) is 14.1. The van der Waals surface area contributed by atoms with Crippen LogP contribution in [-0.4, -0.2) is 18.4 Å². The predicted octanol–water partition coefficient (Wildman–Crippen LogP) is 4.29. The highest BCUT2D eigenvalue weighted by molar-refractivity contribution is 6.09. The second kappa shape index (κ2) is 8.62. The lowest BCUT2D eigenvalue weighted by Crippen LogP contribution is -2.12. The molecule has 0 saturated heterocycles. The van der Waals surface area contributed by atoms with Crippen LogP contribution >= 0.6 is 0 Å². The highest BCUT2D eigenvalue weighted by Crippen LogP contribution is 2.16. The van der Waals surface area contributed by atoms with Gasteiger partial charge in [0, 0.05) is 11.1 Å². The molecule has 0 aliphatic rings. The Labute approximate surface area is 152 Å². The normalized spacial score (nSPS) is 10.2. The average Bonchev–Trinajstić information content (AvgIpc) is 2.69. The molecular weight excluding hydrogens is 328 g/mol. The van der Waals surface area contributed by atoms with Gasteiger partial charge in [0.2, 0.25) is 0 Å². The van der Waals surface area contributed by atoms with Crippen molar-refractivity contribution in [2.45, 2.75) is 6.42 Å². The number of rotatable bonds is 7. The summed E-state index contributed by atoms with van der Waals surface area (Å²) in [6, 6.07) is 24.9. The first-order valence-corrected chi connectivity index (χ1v) is 8.31. The van der Waals surface area contributed by atoms with Crippen molar-refractivity contribution < 1.29 is 19.1 Å². The third-order valence-electron chi connectivity index (χ3n) is 3.70. The van der Waals surface area contributed by atoms with Crippen LogP contribution in [0.15, 0.2) is 84.9 Å². The molecule has 3 aromatic carbocycles. The number of hydrogen-bond donors (Lipinski definition) is 0. The molecule has 3 aromatic rings. The molecule has 0 N–H and O–H groups in total. The molecular formula is C22H18O4. The summed E-state index contributed by atoms with van der Waals surface area (Å²) in [4.78, 5) is 24.2. The van der Waals surface area contributed by atoms with E-state index in [1.807, 2.05) is 48.5 Å². The van der Waals surface area contributed by atoms with Gasteiger partial charge in [0.15, 0.2) is 5.78 Å². The van der Waals surface area contributed by atoms with Gasteiger partial charge in [-0.2, -0.15) is 0 Å². The molecule has 4 nitrogen and oxygen atoms in total. The van der Waals surface area contributed by atoms with E-state index in [2.05, 4.69) is 0 Å². The van der Waals surface area contributed by atoms with Crippen LogP contribution in [0, 0.1) is 0 Å². The molecule has 0 radical (unpaired) electrons. The number of hydrogen-bond acceptors (Lipinski definition) is 4. The zero-order valence-electron chi connectivity index (χ0n) is 14.1. The number of para-hydroxylation sites is 1. The number of carbonyl (C=O) groups is 2. The minimum Gasteiger partial charge on any atom is -0.493 e. The topological polar surface area (TPSA) is 52.6 Å². The number of esters is 1. The lowest BCUT2D eigenvalue weighted by molar-refractivity contribution is -0.134. The van der Waals surface area contributed by atoms with Crippen molar-refractivity contribution >= 4 is 11.8 Å². The van der Waals surface area contributed by atoms with Crippen LogP contribution in [0.1, 0.15) is 22.3 Å². The number of benzene rings is 3. The van der Waals surface area contributed by atoms with Crippen molar-refractivity contribution in [3.8, 4) is 11.5 Å². The highest BCUT2D eigenvalue weighted by atomic mass is 16.5. The third kappa shape index (κ3) is 4.80. The summed E-state index contributed by atoms with van der Waals surface area (Å²) in [6.07, 6.45) is 0.138. The third-order valence-corrected chi connectivity index (χ3v) is 3.70. The predicted molar refractivity (Wildman–Crippen MR) is 98.5 cm³/mol. The Morgan fingerprint density at radius 2 is 1.23 bits per heavy atom. The summed E-state index contributed by atoms with van der Waals surface area (Å²) in [7, 11) is 0. The van der Waals surface area contributed by atoms with Gasteiger partial charge in [-0.3, -0.25) is 9.59 Å². The van der Waals surface area contributed by atoms with Crippen LogP contribution in [0.25, 0.3) is 0 Å². The average molecular weight is 346 g/mol. The quantitative estimate of drug-likeness (QED) is 0.364. The van der Waals surface area contributed by atoms with Crippen molar-refractivity contribution in [1.82, 2.24) is 0 Å². The fraction of sp³-hybridized carbons (Fsp3) is 0.0909. The van der Waals surface area contributed by atoms with Crippen molar-refractivity contribution in [1.29, 1.82) is 0 Å². The van der Waals surface area contributed by atoms with Gasteiger partial charge in [-0.1, -0.05) is 48.5 Å². The summed E-state index contributed by atoms with van der Waals surface area (Å²) in [5.74, 6) is 0.659. The Morgan fingerprint density at radius 3 is 1.88 bits per heavy atom. The van der Waals surface area contributed by atoms with Crippen molar-refractivity contribution in [2.75, 3.05) is 6.61 Å². The molecule has 0 fully saturated rings. The monoisotopic (exact) mass is 346 g/mol. The van der Waals surface area contributed by atoms with E-state index in [1.165, 1.54) is 0 Å². The van der Waals surface area contributed by atoms with Gasteiger partial charge >= 0.3 is 5.97 Å². The van der Waals surface area contributed by atoms with Crippen LogP contribution in [0.2, 0.25) is 0 Å². The maximum absolute atomic E-state index is 12.3. The molecule has 0 aliphatic carbocycles. The molecule has 26 heavy (non-hydrogen) atoms. The van der Waals surface area contributed by atoms with E-state index in [0.29, 0.717) is 22.6 Å². The van der Waals surface area contributed by atoms with Gasteiger partial charge in [0.05, 0.1) is 13.0 Å². The Kier molecular flexibility index (Phi) is 5.78. The minimum atomic E-state index is -0.386. The zero-order chi connectivity index (χ0) is 18.2. The maximum Gasteiger partial charge on any atom is 0.314 e. The molecule has 0 aromatic heterocycles. The molecule has 0 aliphatic heterocycles. The van der Waals surface area contributed by atoms with Crippen LogP contribution in [0.4, 0.5) is 0 Å². The largest absolute Gasteiger partial charge is 0.493 e. The van der Waals surface area contributed by atoms with E-state index in [1.54, 1.807) is 36.4 Å². The SMILES string of the molecule is O=C(CCOc1ccccc1)Oc1ccc(C(=O)c2ccccc2)cc1. The molecule has 0 amide bonds. The fourth-order valence-electron chi connectivity index (χ4n) is 2.38. The summed E-state index contributed by atoms with van der Waals surface area (Å²) in [5.41, 5.74) is 1.17. The maximum atomic E-state index is 12.3. The van der Waals surface area contributed by atoms with Crippen molar-refractivity contribution in [3.05, 3.63) is 96.1 Å². The summed E-state index contributed by atoms with van der Waals surface area (Å²) >= 11 is 0. The first kappa shape index (κ1) is 17.4. The Morgan fingerprint density at radius 1 is 0.654 bits per heavy atom. The van der Waals surface area contributed by atoms with Gasteiger partial charge in [-0.15, -0.1) is 0 Å². The Balaban J connectivity index is 1.51. The number of ketones is 1. The summed E-state index contributed by atoms with van der Waals surface area (Å²) < 4.78 is 10.7. The molecule has 0 atom stereocenters. The van der Waals surface area contributed by atoms with Crippen LogP contribution in [-0.2, 0) is 4.79 Å². The molecule has 0 saturated carbocycles. The fourth-order valence-corrected chi connectivity index (χ4v) is 2.38. The molecule has 3 rings (SSSR count). The molecule has 0 heterocycles. The second-order valence-electron chi connectivity index (χ2n) is 5.61. The van der Waals surface area contributed by atoms with Crippen LogP contribution in [0.5, 0.6) is 11.5 Å². The lowest BCUT2D eigenvalue weighted by Gasteiger charge is -2.07. The second-order valence-corrected chi connectivity index (χ2v) is 5.61. The van der Waals surface area contributed by atoms with E-state index in [4.69, 9.17) is 9.47 Å². The van der Waals surface area contributed by atoms with Crippen molar-refractivity contribution in [3.63, 3.8) is 0 Å². The highest BCUT2D eigenvalue weighted by Gasteiger charge is 2.10. The minimum absolute atomic E-state index is 0.0697. The number of carbonyl (C=O) groups excluding carboxylic acids is 2. The van der Waals surface area contributed by atoms with Crippen LogP contribution < -0.4 is 9.47 Å². The first-order chi connectivity index (χ1) is 12.7. The molecule has 0 spiro atoms. The smallest absolute Gasteiger partial charge is 0.314 e. The van der Waals surface area contributed by atoms with Gasteiger partial charge in [-0.25, -0.2) is 0 Å². The summed E-state index contributed by atoms with van der Waals surface area (Å²) in [6.45, 7) is 0.243. The first-order valence-electron chi connectivity index (χ1n) is 8.31. The molecule has 0 bridgehead atoms. The van der Waals surface area contributed by atoms with E-state index >= 15 is 0 Å². The molecule has 130 valence electrons. The lowest BCUT2D eigenvalue weighted by atomic mass is 10.0. The molecule has 0 unspecified atom stereocenters. The van der Waals surface area contributed by atoms with E-state index in [9.17, 15) is 9.59 Å².